The smallest absolute Gasteiger partial charge is 0.406 e. The quantitative estimate of drug-likeness (QED) is 0.0749. The van der Waals surface area contributed by atoms with Gasteiger partial charge in [-0.05, 0) is 73.5 Å². The Morgan fingerprint density at radius 2 is 1.58 bits per heavy atom. The molecule has 2 heterocycles. The van der Waals surface area contributed by atoms with Gasteiger partial charge in [0, 0.05) is 11.1 Å². The van der Waals surface area contributed by atoms with Crippen LogP contribution in [0.2, 0.25) is 0 Å². The number of nitrogens with zero attached hydrogens (tertiary/aromatic N) is 6. The van der Waals surface area contributed by atoms with Gasteiger partial charge in [-0.25, -0.2) is 14.7 Å². The van der Waals surface area contributed by atoms with Gasteiger partial charge in [-0.15, -0.1) is 18.3 Å². The van der Waals surface area contributed by atoms with Crippen LogP contribution in [0.4, 0.5) is 18.9 Å². The second-order valence-electron chi connectivity index (χ2n) is 10.6. The van der Waals surface area contributed by atoms with Crippen LogP contribution in [0.25, 0.3) is 28.3 Å². The molecule has 0 aliphatic carbocycles. The number of rotatable bonds is 8. The first-order valence-corrected chi connectivity index (χ1v) is 15.5. The molecule has 9 nitrogen and oxygen atoms in total. The van der Waals surface area contributed by atoms with Crippen LogP contribution in [0.15, 0.2) is 123 Å². The lowest BCUT2D eigenvalue weighted by molar-refractivity contribution is -0.274. The maximum Gasteiger partial charge on any atom is 0.573 e. The van der Waals surface area contributed by atoms with Crippen molar-refractivity contribution in [2.75, 3.05) is 0 Å². The van der Waals surface area contributed by atoms with Crippen LogP contribution in [0.5, 0.6) is 5.75 Å². The molecule has 0 amide bonds. The highest BCUT2D eigenvalue weighted by atomic mass is 32.2. The predicted octanol–water partition coefficient (Wildman–Crippen LogP) is 8.82. The summed E-state index contributed by atoms with van der Waals surface area (Å²) in [5, 5.41) is 13.8. The number of alkyl halides is 3. The molecular formula is C35H28F3N7O2S. The SMILES string of the molecule is Cc1cccc(C)c1/N=C(/N/N=C/c1ccc(-c2ncn(-c3ccc(OC(F)(F)F)cc3)n2)cc1)Sc1c(-c2ccccc2)noc1C. The van der Waals surface area contributed by atoms with E-state index >= 15 is 0 Å². The Balaban J connectivity index is 1.19. The monoisotopic (exact) mass is 667 g/mol. The molecule has 0 aliphatic rings. The number of para-hydroxylation sites is 1. The van der Waals surface area contributed by atoms with Gasteiger partial charge in [0.25, 0.3) is 0 Å². The predicted molar refractivity (Wildman–Crippen MR) is 180 cm³/mol. The van der Waals surface area contributed by atoms with Gasteiger partial charge in [0.1, 0.15) is 23.5 Å². The first kappa shape index (κ1) is 32.3. The molecule has 0 saturated heterocycles. The van der Waals surface area contributed by atoms with Crippen molar-refractivity contribution in [1.29, 1.82) is 0 Å². The van der Waals surface area contributed by atoms with Crippen LogP contribution in [0, 0.1) is 20.8 Å². The third-order valence-electron chi connectivity index (χ3n) is 7.08. The lowest BCUT2D eigenvalue weighted by Gasteiger charge is -2.09. The molecule has 48 heavy (non-hydrogen) atoms. The van der Waals surface area contributed by atoms with Crippen molar-refractivity contribution < 1.29 is 22.4 Å². The highest BCUT2D eigenvalue weighted by Gasteiger charge is 2.31. The fourth-order valence-electron chi connectivity index (χ4n) is 4.72. The molecule has 6 rings (SSSR count). The molecule has 6 aromatic rings. The number of aromatic nitrogens is 4. The summed E-state index contributed by atoms with van der Waals surface area (Å²) >= 11 is 1.39. The Kier molecular flexibility index (Phi) is 9.39. The largest absolute Gasteiger partial charge is 0.573 e. The van der Waals surface area contributed by atoms with Gasteiger partial charge in [0.2, 0.25) is 0 Å². The number of ether oxygens (including phenoxy) is 1. The fraction of sp³-hybridized carbons (Fsp3) is 0.114. The third kappa shape index (κ3) is 7.81. The van der Waals surface area contributed by atoms with Crippen LogP contribution >= 0.6 is 11.8 Å². The lowest BCUT2D eigenvalue weighted by Crippen LogP contribution is -2.17. The maximum absolute atomic E-state index is 12.5. The molecular weight excluding hydrogens is 639 g/mol. The van der Waals surface area contributed by atoms with Crippen molar-refractivity contribution in [3.05, 3.63) is 126 Å². The third-order valence-corrected chi connectivity index (χ3v) is 8.14. The van der Waals surface area contributed by atoms with Gasteiger partial charge >= 0.3 is 6.36 Å². The molecule has 0 spiro atoms. The van der Waals surface area contributed by atoms with Crippen LogP contribution in [0.1, 0.15) is 22.5 Å². The fourth-order valence-corrected chi connectivity index (χ4v) is 5.58. The van der Waals surface area contributed by atoms with Gasteiger partial charge in [-0.1, -0.05) is 78.0 Å². The summed E-state index contributed by atoms with van der Waals surface area (Å²) in [7, 11) is 0. The van der Waals surface area contributed by atoms with E-state index in [0.29, 0.717) is 22.4 Å². The molecule has 1 N–H and O–H groups in total. The van der Waals surface area contributed by atoms with E-state index in [-0.39, 0.29) is 5.75 Å². The minimum Gasteiger partial charge on any atom is -0.406 e. The van der Waals surface area contributed by atoms with Crippen LogP contribution in [0.3, 0.4) is 0 Å². The van der Waals surface area contributed by atoms with Crippen molar-refractivity contribution in [1.82, 2.24) is 25.3 Å². The first-order chi connectivity index (χ1) is 23.1. The van der Waals surface area contributed by atoms with Crippen molar-refractivity contribution in [3.8, 4) is 34.1 Å². The number of hydrogen-bond acceptors (Lipinski definition) is 8. The molecule has 0 radical (unpaired) electrons. The number of aliphatic imine (C=N–C) groups is 1. The van der Waals surface area contributed by atoms with Gasteiger partial charge < -0.3 is 9.26 Å². The van der Waals surface area contributed by atoms with Crippen molar-refractivity contribution in [2.45, 2.75) is 32.0 Å². The van der Waals surface area contributed by atoms with E-state index in [1.165, 1.54) is 47.0 Å². The Bertz CT molecular complexity index is 2050. The number of halogens is 3. The number of benzene rings is 4. The van der Waals surface area contributed by atoms with E-state index in [4.69, 9.17) is 9.52 Å². The molecule has 242 valence electrons. The summed E-state index contributed by atoms with van der Waals surface area (Å²) in [6.45, 7) is 5.89. The van der Waals surface area contributed by atoms with Crippen molar-refractivity contribution in [2.24, 2.45) is 10.1 Å². The average molecular weight is 668 g/mol. The summed E-state index contributed by atoms with van der Waals surface area (Å²) in [6.07, 6.45) is -1.59. The zero-order chi connectivity index (χ0) is 33.7. The summed E-state index contributed by atoms with van der Waals surface area (Å²) < 4.78 is 48.4. The molecule has 0 fully saturated rings. The van der Waals surface area contributed by atoms with Gasteiger partial charge in [-0.2, -0.15) is 5.10 Å². The van der Waals surface area contributed by atoms with E-state index in [1.54, 1.807) is 6.21 Å². The van der Waals surface area contributed by atoms with E-state index in [2.05, 4.69) is 30.5 Å². The number of hydrazone groups is 1. The minimum absolute atomic E-state index is 0.314. The summed E-state index contributed by atoms with van der Waals surface area (Å²) in [4.78, 5) is 10.1. The molecule has 2 aromatic heterocycles. The number of nitrogens with one attached hydrogen (secondary N) is 1. The summed E-state index contributed by atoms with van der Waals surface area (Å²) in [5.74, 6) is 0.800. The van der Waals surface area contributed by atoms with E-state index in [1.807, 2.05) is 93.6 Å². The molecule has 0 atom stereocenters. The Hall–Kier alpha value is -5.69. The highest BCUT2D eigenvalue weighted by Crippen LogP contribution is 2.35. The normalized spacial score (nSPS) is 12.1. The van der Waals surface area contributed by atoms with Crippen LogP contribution in [-0.2, 0) is 0 Å². The van der Waals surface area contributed by atoms with E-state index in [0.717, 1.165) is 44.1 Å². The number of amidine groups is 1. The Labute approximate surface area is 278 Å². The van der Waals surface area contributed by atoms with Crippen molar-refractivity contribution in [3.63, 3.8) is 0 Å². The highest BCUT2D eigenvalue weighted by molar-refractivity contribution is 8.14. The molecule has 0 saturated carbocycles. The summed E-state index contributed by atoms with van der Waals surface area (Å²) in [6, 6.07) is 28.7. The Morgan fingerprint density at radius 1 is 0.875 bits per heavy atom. The minimum atomic E-state index is -4.76. The second-order valence-corrected chi connectivity index (χ2v) is 11.6. The number of hydrogen-bond donors (Lipinski definition) is 1. The number of thioether (sulfide) groups is 1. The topological polar surface area (TPSA) is 103 Å². The lowest BCUT2D eigenvalue weighted by atomic mass is 10.1. The number of aryl methyl sites for hydroxylation is 3. The molecule has 0 unspecified atom stereocenters. The van der Waals surface area contributed by atoms with Crippen LogP contribution < -0.4 is 10.2 Å². The Morgan fingerprint density at radius 3 is 2.27 bits per heavy atom. The second kappa shape index (κ2) is 14.0. The summed E-state index contributed by atoms with van der Waals surface area (Å²) in [5.41, 5.74) is 9.77. The van der Waals surface area contributed by atoms with Gasteiger partial charge in [0.15, 0.2) is 11.0 Å². The molecule has 4 aromatic carbocycles. The van der Waals surface area contributed by atoms with Crippen molar-refractivity contribution >= 4 is 28.8 Å². The molecule has 13 heteroatoms. The van der Waals surface area contributed by atoms with E-state index in [9.17, 15) is 13.2 Å². The average Bonchev–Trinajstić information content (AvgIpc) is 3.70. The van der Waals surface area contributed by atoms with Gasteiger partial charge in [0.05, 0.1) is 22.5 Å². The zero-order valence-electron chi connectivity index (χ0n) is 25.9. The van der Waals surface area contributed by atoms with Gasteiger partial charge in [-0.3, -0.25) is 5.43 Å². The first-order valence-electron chi connectivity index (χ1n) is 14.6. The molecule has 0 aliphatic heterocycles. The van der Waals surface area contributed by atoms with Crippen LogP contribution in [-0.4, -0.2) is 37.7 Å². The molecule has 0 bridgehead atoms. The maximum atomic E-state index is 12.5. The van der Waals surface area contributed by atoms with E-state index < -0.39 is 6.36 Å². The standard InChI is InChI=1S/C35H28F3N7O2S/c1-22-8-7-9-23(2)30(22)41-34(48-32-24(3)47-44-31(32)26-10-5-4-6-11-26)42-40-20-25-12-14-27(15-13-25)33-39-21-45(43-33)28-16-18-29(19-17-28)46-35(36,37)38/h4-21H,1-3H3,(H,41,42)/b40-20+. The zero-order valence-corrected chi connectivity index (χ0v) is 26.8.